The van der Waals surface area contributed by atoms with Gasteiger partial charge in [0, 0.05) is 12.0 Å². The number of carbonyl (C=O) groups is 2. The molecule has 1 aromatic rings. The maximum atomic E-state index is 12.1. The van der Waals surface area contributed by atoms with Gasteiger partial charge in [-0.25, -0.2) is 9.59 Å². The average molecular weight is 341 g/mol. The van der Waals surface area contributed by atoms with Gasteiger partial charge in [-0.15, -0.1) is 0 Å². The summed E-state index contributed by atoms with van der Waals surface area (Å²) >= 11 is 0. The Bertz CT molecular complexity index is 829. The maximum absolute atomic E-state index is 12.1. The molecule has 2 rings (SSSR count). The van der Waals surface area contributed by atoms with E-state index in [1.165, 1.54) is 6.08 Å². The highest BCUT2D eigenvalue weighted by molar-refractivity contribution is 6.01. The van der Waals surface area contributed by atoms with Gasteiger partial charge in [-0.1, -0.05) is 24.3 Å². The predicted octanol–water partition coefficient (Wildman–Crippen LogP) is 3.63. The van der Waals surface area contributed by atoms with Crippen molar-refractivity contribution in [3.8, 4) is 0 Å². The zero-order chi connectivity index (χ0) is 18.6. The monoisotopic (exact) mass is 341 g/mol. The lowest BCUT2D eigenvalue weighted by molar-refractivity contribution is -0.136. The molecular formula is C19H19NO5. The number of carbonyl (C=O) groups excluding carboxylic acids is 2. The molecule has 0 unspecified atom stereocenters. The number of fused-ring (bicyclic) bond motifs is 1. The summed E-state index contributed by atoms with van der Waals surface area (Å²) in [5, 5.41) is 8.77. The molecule has 1 aliphatic heterocycles. The van der Waals surface area contributed by atoms with E-state index in [0.29, 0.717) is 29.5 Å². The van der Waals surface area contributed by atoms with Crippen LogP contribution in [0.3, 0.4) is 0 Å². The molecular weight excluding hydrogens is 322 g/mol. The van der Waals surface area contributed by atoms with Crippen molar-refractivity contribution in [1.82, 2.24) is 0 Å². The fourth-order valence-corrected chi connectivity index (χ4v) is 2.94. The molecule has 0 fully saturated rings. The number of cyclic esters (lactones) is 1. The number of hydrogen-bond donors (Lipinski definition) is 1. The zero-order valence-electron chi connectivity index (χ0n) is 14.2. The molecule has 6 nitrogen and oxygen atoms in total. The van der Waals surface area contributed by atoms with E-state index in [-0.39, 0.29) is 18.7 Å². The molecule has 1 heterocycles. The second-order valence-corrected chi connectivity index (χ2v) is 5.85. The van der Waals surface area contributed by atoms with Crippen LogP contribution in [0.5, 0.6) is 0 Å². The van der Waals surface area contributed by atoms with E-state index < -0.39 is 11.9 Å². The SMILES string of the molecule is C=Cc1c(C)c2c(c(N=C=O)c1C/C=C(\C)CCC(=O)O)C(=O)OC2. The maximum Gasteiger partial charge on any atom is 0.341 e. The number of isocyanates is 1. The standard InChI is InChI=1S/C19H19NO5/c1-4-13-12(3)15-9-25-19(24)17(15)18(20-10-21)14(13)7-5-11(2)6-8-16(22)23/h4-5H,1,6-9H2,2-3H3,(H,22,23)/b11-5+. The van der Waals surface area contributed by atoms with Crippen molar-refractivity contribution in [2.45, 2.75) is 39.7 Å². The normalized spacial score (nSPS) is 13.0. The number of carboxylic acids is 1. The number of aliphatic imine (C=N–C) groups is 1. The molecule has 0 aromatic heterocycles. The van der Waals surface area contributed by atoms with Crippen LogP contribution in [-0.4, -0.2) is 23.1 Å². The predicted molar refractivity (Wildman–Crippen MR) is 92.5 cm³/mol. The van der Waals surface area contributed by atoms with Crippen molar-refractivity contribution in [2.75, 3.05) is 0 Å². The third-order valence-corrected chi connectivity index (χ3v) is 4.31. The highest BCUT2D eigenvalue weighted by Crippen LogP contribution is 2.39. The van der Waals surface area contributed by atoms with Gasteiger partial charge in [0.15, 0.2) is 0 Å². The lowest BCUT2D eigenvalue weighted by Gasteiger charge is -2.15. The molecule has 6 heteroatoms. The van der Waals surface area contributed by atoms with Gasteiger partial charge in [-0.05, 0) is 43.4 Å². The summed E-state index contributed by atoms with van der Waals surface area (Å²) in [6, 6.07) is 0. The number of aliphatic carboxylic acids is 1. The van der Waals surface area contributed by atoms with Gasteiger partial charge in [-0.2, -0.15) is 4.99 Å². The van der Waals surface area contributed by atoms with E-state index in [4.69, 9.17) is 9.84 Å². The number of nitrogens with zero attached hydrogens (tertiary/aromatic N) is 1. The van der Waals surface area contributed by atoms with Crippen LogP contribution in [0, 0.1) is 6.92 Å². The Morgan fingerprint density at radius 1 is 1.44 bits per heavy atom. The van der Waals surface area contributed by atoms with Crippen LogP contribution in [-0.2, 0) is 27.4 Å². The number of carboxylic acid groups (broad SMARTS) is 1. The summed E-state index contributed by atoms with van der Waals surface area (Å²) in [6.07, 6.45) is 5.92. The Balaban J connectivity index is 2.54. The highest BCUT2D eigenvalue weighted by Gasteiger charge is 2.30. The Morgan fingerprint density at radius 2 is 2.16 bits per heavy atom. The van der Waals surface area contributed by atoms with Crippen LogP contribution >= 0.6 is 0 Å². The largest absolute Gasteiger partial charge is 0.481 e. The fourth-order valence-electron chi connectivity index (χ4n) is 2.94. The lowest BCUT2D eigenvalue weighted by atomic mass is 9.89. The van der Waals surface area contributed by atoms with E-state index >= 15 is 0 Å². The number of rotatable bonds is 7. The second-order valence-electron chi connectivity index (χ2n) is 5.85. The Labute approximate surface area is 145 Å². The molecule has 0 spiro atoms. The van der Waals surface area contributed by atoms with Crippen LogP contribution in [0.1, 0.15) is 52.4 Å². The van der Waals surface area contributed by atoms with Gasteiger partial charge in [0.05, 0.1) is 11.3 Å². The summed E-state index contributed by atoms with van der Waals surface area (Å²) in [7, 11) is 0. The van der Waals surface area contributed by atoms with Crippen LogP contribution in [0.25, 0.3) is 6.08 Å². The summed E-state index contributed by atoms with van der Waals surface area (Å²) in [6.45, 7) is 7.68. The summed E-state index contributed by atoms with van der Waals surface area (Å²) in [4.78, 5) is 37.4. The van der Waals surface area contributed by atoms with Crippen molar-refractivity contribution in [1.29, 1.82) is 0 Å². The zero-order valence-corrected chi connectivity index (χ0v) is 14.2. The summed E-state index contributed by atoms with van der Waals surface area (Å²) in [5.41, 5.74) is 4.53. The molecule has 0 atom stereocenters. The van der Waals surface area contributed by atoms with Gasteiger partial charge in [-0.3, -0.25) is 4.79 Å². The minimum absolute atomic E-state index is 0.0472. The first kappa shape index (κ1) is 18.4. The van der Waals surface area contributed by atoms with E-state index in [1.54, 1.807) is 6.08 Å². The first-order chi connectivity index (χ1) is 11.9. The smallest absolute Gasteiger partial charge is 0.341 e. The van der Waals surface area contributed by atoms with Crippen LogP contribution in [0.4, 0.5) is 5.69 Å². The molecule has 1 aliphatic rings. The molecule has 0 amide bonds. The van der Waals surface area contributed by atoms with Gasteiger partial charge in [0.2, 0.25) is 6.08 Å². The molecule has 0 aliphatic carbocycles. The van der Waals surface area contributed by atoms with E-state index in [9.17, 15) is 14.4 Å². The number of allylic oxidation sites excluding steroid dienone is 2. The Kier molecular flexibility index (Phi) is 5.67. The number of hydrogen-bond acceptors (Lipinski definition) is 5. The number of esters is 1. The minimum atomic E-state index is -0.859. The Morgan fingerprint density at radius 3 is 2.76 bits per heavy atom. The van der Waals surface area contributed by atoms with Crippen LogP contribution in [0.15, 0.2) is 23.2 Å². The second kappa shape index (κ2) is 7.73. The molecule has 1 aromatic carbocycles. The molecule has 1 N–H and O–H groups in total. The van der Waals surface area contributed by atoms with Crippen molar-refractivity contribution in [3.05, 3.63) is 46.0 Å². The van der Waals surface area contributed by atoms with Gasteiger partial charge in [0.1, 0.15) is 6.61 Å². The molecule has 0 radical (unpaired) electrons. The van der Waals surface area contributed by atoms with Crippen molar-refractivity contribution in [2.24, 2.45) is 4.99 Å². The third kappa shape index (κ3) is 3.75. The summed E-state index contributed by atoms with van der Waals surface area (Å²) in [5.74, 6) is -1.36. The first-order valence-electron chi connectivity index (χ1n) is 7.83. The fraction of sp³-hybridized carbons (Fsp3) is 0.316. The van der Waals surface area contributed by atoms with Crippen molar-refractivity contribution < 1.29 is 24.2 Å². The summed E-state index contributed by atoms with van der Waals surface area (Å²) < 4.78 is 5.09. The van der Waals surface area contributed by atoms with Crippen LogP contribution < -0.4 is 0 Å². The molecule has 130 valence electrons. The van der Waals surface area contributed by atoms with E-state index in [0.717, 1.165) is 16.7 Å². The molecule has 25 heavy (non-hydrogen) atoms. The third-order valence-electron chi connectivity index (χ3n) is 4.31. The molecule has 0 saturated heterocycles. The molecule has 0 saturated carbocycles. The lowest BCUT2D eigenvalue weighted by Crippen LogP contribution is -2.03. The van der Waals surface area contributed by atoms with Crippen LogP contribution in [0.2, 0.25) is 0 Å². The average Bonchev–Trinajstić information content (AvgIpc) is 2.96. The van der Waals surface area contributed by atoms with Gasteiger partial charge >= 0.3 is 11.9 Å². The van der Waals surface area contributed by atoms with Crippen molar-refractivity contribution >= 4 is 29.8 Å². The van der Waals surface area contributed by atoms with Gasteiger partial charge < -0.3 is 9.84 Å². The van der Waals surface area contributed by atoms with Gasteiger partial charge in [0.25, 0.3) is 0 Å². The first-order valence-corrected chi connectivity index (χ1v) is 7.83. The number of benzene rings is 1. The minimum Gasteiger partial charge on any atom is -0.481 e. The van der Waals surface area contributed by atoms with E-state index in [2.05, 4.69) is 11.6 Å². The number of ether oxygens (including phenoxy) is 1. The van der Waals surface area contributed by atoms with E-state index in [1.807, 2.05) is 19.9 Å². The topological polar surface area (TPSA) is 93.0 Å². The highest BCUT2D eigenvalue weighted by atomic mass is 16.5. The molecule has 0 bridgehead atoms. The quantitative estimate of drug-likeness (QED) is 0.354. The van der Waals surface area contributed by atoms with Crippen molar-refractivity contribution in [3.63, 3.8) is 0 Å². The Hall–Kier alpha value is -2.98.